The van der Waals surface area contributed by atoms with E-state index < -0.39 is 6.10 Å². The molecule has 0 aliphatic rings. The number of aliphatic hydroxyl groups is 1. The van der Waals surface area contributed by atoms with Crippen molar-refractivity contribution in [3.8, 4) is 0 Å². The Bertz CT molecular complexity index is 774. The summed E-state index contributed by atoms with van der Waals surface area (Å²) >= 11 is 0. The van der Waals surface area contributed by atoms with Crippen molar-refractivity contribution in [2.75, 3.05) is 0 Å². The van der Waals surface area contributed by atoms with Gasteiger partial charge in [0.15, 0.2) is 0 Å². The van der Waals surface area contributed by atoms with Crippen molar-refractivity contribution in [1.29, 1.82) is 0 Å². The first kappa shape index (κ1) is 13.8. The lowest BCUT2D eigenvalue weighted by Crippen LogP contribution is -2.05. The molecule has 0 aliphatic heterocycles. The van der Waals surface area contributed by atoms with Gasteiger partial charge < -0.3 is 5.11 Å². The van der Waals surface area contributed by atoms with E-state index >= 15 is 0 Å². The Kier molecular flexibility index (Phi) is 3.72. The maximum atomic E-state index is 14.1. The van der Waals surface area contributed by atoms with Gasteiger partial charge in [-0.15, -0.1) is 0 Å². The van der Waals surface area contributed by atoms with Gasteiger partial charge in [-0.3, -0.25) is 0 Å². The van der Waals surface area contributed by atoms with Crippen LogP contribution in [-0.2, 0) is 6.42 Å². The molecular weight excluding hydrogens is 263 g/mol. The van der Waals surface area contributed by atoms with Gasteiger partial charge in [-0.05, 0) is 28.8 Å². The summed E-state index contributed by atoms with van der Waals surface area (Å²) < 4.78 is 14.1. The van der Waals surface area contributed by atoms with Gasteiger partial charge in [0.2, 0.25) is 0 Å². The normalized spacial score (nSPS) is 12.5. The summed E-state index contributed by atoms with van der Waals surface area (Å²) in [6.07, 6.45) is -0.433. The average molecular weight is 280 g/mol. The molecule has 21 heavy (non-hydrogen) atoms. The van der Waals surface area contributed by atoms with Crippen LogP contribution in [0, 0.1) is 12.7 Å². The predicted octanol–water partition coefficient (Wildman–Crippen LogP) is 4.56. The van der Waals surface area contributed by atoms with Crippen LogP contribution in [0.4, 0.5) is 4.39 Å². The Labute approximate surface area is 123 Å². The number of rotatable bonds is 3. The minimum atomic E-state index is -0.837. The van der Waals surface area contributed by atoms with E-state index in [1.54, 1.807) is 25.1 Å². The zero-order valence-corrected chi connectivity index (χ0v) is 11.9. The Balaban J connectivity index is 1.97. The second kappa shape index (κ2) is 5.66. The van der Waals surface area contributed by atoms with E-state index in [0.29, 0.717) is 17.5 Å². The van der Waals surface area contributed by atoms with Crippen LogP contribution in [0.15, 0.2) is 60.7 Å². The first-order valence-corrected chi connectivity index (χ1v) is 7.06. The van der Waals surface area contributed by atoms with Gasteiger partial charge in [0.25, 0.3) is 0 Å². The minimum absolute atomic E-state index is 0.315. The predicted molar refractivity (Wildman–Crippen MR) is 83.7 cm³/mol. The van der Waals surface area contributed by atoms with Crippen LogP contribution in [0.5, 0.6) is 0 Å². The van der Waals surface area contributed by atoms with Gasteiger partial charge in [0.05, 0.1) is 6.10 Å². The molecule has 1 atom stereocenters. The molecule has 0 bridgehead atoms. The number of hydrogen-bond donors (Lipinski definition) is 1. The third-order valence-electron chi connectivity index (χ3n) is 3.87. The fourth-order valence-electron chi connectivity index (χ4n) is 2.72. The molecule has 0 aliphatic carbocycles. The fraction of sp³-hybridized carbons (Fsp3) is 0.158. The van der Waals surface area contributed by atoms with E-state index in [1.807, 2.05) is 42.5 Å². The Morgan fingerprint density at radius 1 is 0.952 bits per heavy atom. The Hall–Kier alpha value is -2.19. The van der Waals surface area contributed by atoms with E-state index in [2.05, 4.69) is 0 Å². The molecule has 3 aromatic carbocycles. The third kappa shape index (κ3) is 2.67. The Morgan fingerprint density at radius 3 is 2.52 bits per heavy atom. The molecule has 0 spiro atoms. The fourth-order valence-corrected chi connectivity index (χ4v) is 2.72. The van der Waals surface area contributed by atoms with E-state index in [1.165, 1.54) is 0 Å². The van der Waals surface area contributed by atoms with Gasteiger partial charge in [0.1, 0.15) is 5.82 Å². The first-order valence-electron chi connectivity index (χ1n) is 7.06. The minimum Gasteiger partial charge on any atom is -0.388 e. The van der Waals surface area contributed by atoms with Crippen molar-refractivity contribution < 1.29 is 9.50 Å². The van der Waals surface area contributed by atoms with Gasteiger partial charge in [-0.1, -0.05) is 60.7 Å². The molecule has 0 heterocycles. The van der Waals surface area contributed by atoms with E-state index in [-0.39, 0.29) is 5.82 Å². The maximum Gasteiger partial charge on any atom is 0.131 e. The zero-order valence-electron chi connectivity index (χ0n) is 11.9. The van der Waals surface area contributed by atoms with Crippen LogP contribution in [-0.4, -0.2) is 5.11 Å². The zero-order chi connectivity index (χ0) is 14.8. The summed E-state index contributed by atoms with van der Waals surface area (Å²) in [6, 6.07) is 19.2. The molecule has 0 saturated carbocycles. The Morgan fingerprint density at radius 2 is 1.67 bits per heavy atom. The van der Waals surface area contributed by atoms with E-state index in [4.69, 9.17) is 0 Å². The van der Waals surface area contributed by atoms with Crippen molar-refractivity contribution in [3.05, 3.63) is 83.2 Å². The van der Waals surface area contributed by atoms with Crippen LogP contribution in [0.2, 0.25) is 0 Å². The summed E-state index contributed by atoms with van der Waals surface area (Å²) in [5, 5.41) is 12.6. The highest BCUT2D eigenvalue weighted by atomic mass is 19.1. The lowest BCUT2D eigenvalue weighted by Gasteiger charge is -2.14. The topological polar surface area (TPSA) is 20.2 Å². The lowest BCUT2D eigenvalue weighted by molar-refractivity contribution is 0.174. The highest BCUT2D eigenvalue weighted by Crippen LogP contribution is 2.26. The van der Waals surface area contributed by atoms with Crippen molar-refractivity contribution in [2.24, 2.45) is 0 Å². The summed E-state index contributed by atoms with van der Waals surface area (Å²) in [5.74, 6) is -0.315. The third-order valence-corrected chi connectivity index (χ3v) is 3.87. The average Bonchev–Trinajstić information content (AvgIpc) is 2.50. The number of fused-ring (bicyclic) bond motifs is 1. The smallest absolute Gasteiger partial charge is 0.131 e. The summed E-state index contributed by atoms with van der Waals surface area (Å²) in [4.78, 5) is 0. The molecule has 3 aromatic rings. The van der Waals surface area contributed by atoms with Gasteiger partial charge in [-0.25, -0.2) is 4.39 Å². The standard InChI is InChI=1S/C19H17FO/c1-13-6-4-11-17(19(13)20)18(21)12-15-9-5-8-14-7-2-3-10-16(14)15/h2-11,18,21H,12H2,1H3. The number of hydrogen-bond acceptors (Lipinski definition) is 1. The number of aliphatic hydroxyl groups excluding tert-OH is 1. The molecule has 1 unspecified atom stereocenters. The molecule has 0 aromatic heterocycles. The van der Waals surface area contributed by atoms with Crippen LogP contribution in [0.25, 0.3) is 10.8 Å². The molecule has 0 amide bonds. The summed E-state index contributed by atoms with van der Waals surface area (Å²) in [6.45, 7) is 1.71. The van der Waals surface area contributed by atoms with Crippen LogP contribution in [0.3, 0.4) is 0 Å². The maximum absolute atomic E-state index is 14.1. The quantitative estimate of drug-likeness (QED) is 0.745. The molecule has 0 saturated heterocycles. The second-order valence-corrected chi connectivity index (χ2v) is 5.34. The first-order chi connectivity index (χ1) is 10.2. The van der Waals surface area contributed by atoms with Crippen LogP contribution >= 0.6 is 0 Å². The molecule has 0 radical (unpaired) electrons. The molecule has 1 nitrogen and oxygen atoms in total. The van der Waals surface area contributed by atoms with Gasteiger partial charge in [0, 0.05) is 12.0 Å². The van der Waals surface area contributed by atoms with E-state index in [0.717, 1.165) is 16.3 Å². The highest BCUT2D eigenvalue weighted by Gasteiger charge is 2.15. The molecule has 0 fully saturated rings. The van der Waals surface area contributed by atoms with Crippen molar-refractivity contribution in [1.82, 2.24) is 0 Å². The van der Waals surface area contributed by atoms with Crippen molar-refractivity contribution in [2.45, 2.75) is 19.4 Å². The monoisotopic (exact) mass is 280 g/mol. The van der Waals surface area contributed by atoms with Crippen molar-refractivity contribution >= 4 is 10.8 Å². The van der Waals surface area contributed by atoms with Gasteiger partial charge >= 0.3 is 0 Å². The largest absolute Gasteiger partial charge is 0.388 e. The molecule has 3 rings (SSSR count). The molecule has 1 N–H and O–H groups in total. The molecular formula is C19H17FO. The summed E-state index contributed by atoms with van der Waals surface area (Å²) in [7, 11) is 0. The second-order valence-electron chi connectivity index (χ2n) is 5.34. The lowest BCUT2D eigenvalue weighted by atomic mass is 9.95. The number of halogens is 1. The highest BCUT2D eigenvalue weighted by molar-refractivity contribution is 5.85. The van der Waals surface area contributed by atoms with Crippen LogP contribution < -0.4 is 0 Å². The molecule has 106 valence electrons. The SMILES string of the molecule is Cc1cccc(C(O)Cc2cccc3ccccc23)c1F. The summed E-state index contributed by atoms with van der Waals surface area (Å²) in [5.41, 5.74) is 1.95. The van der Waals surface area contributed by atoms with E-state index in [9.17, 15) is 9.50 Å². The van der Waals surface area contributed by atoms with Crippen molar-refractivity contribution in [3.63, 3.8) is 0 Å². The number of benzene rings is 3. The molecule has 2 heteroatoms. The van der Waals surface area contributed by atoms with Crippen LogP contribution in [0.1, 0.15) is 22.8 Å². The van der Waals surface area contributed by atoms with Gasteiger partial charge in [-0.2, -0.15) is 0 Å². The number of aryl methyl sites for hydroxylation is 1.